The van der Waals surface area contributed by atoms with Crippen LogP contribution in [0.1, 0.15) is 28.8 Å². The minimum Gasteiger partial charge on any atom is -0.481 e. The molecule has 10 nitrogen and oxygen atoms in total. The maximum absolute atomic E-state index is 11.2. The van der Waals surface area contributed by atoms with Crippen LogP contribution >= 0.6 is 0 Å². The van der Waals surface area contributed by atoms with Crippen molar-refractivity contribution in [3.8, 4) is 0 Å². The van der Waals surface area contributed by atoms with E-state index in [4.69, 9.17) is 31.9 Å². The number of aliphatic carboxylic acids is 4. The summed E-state index contributed by atoms with van der Waals surface area (Å²) < 4.78 is 0. The van der Waals surface area contributed by atoms with Crippen molar-refractivity contribution in [2.45, 2.75) is 19.0 Å². The predicted octanol–water partition coefficient (Wildman–Crippen LogP) is -0.435. The summed E-state index contributed by atoms with van der Waals surface area (Å²) in [5.74, 6) is -10.8. The van der Waals surface area contributed by atoms with Gasteiger partial charge in [0.1, 0.15) is 0 Å². The van der Waals surface area contributed by atoms with Gasteiger partial charge in [0.05, 0.1) is 12.1 Å². The maximum atomic E-state index is 11.2. The topological polar surface area (TPSA) is 201 Å². The number of rotatable bonds is 8. The van der Waals surface area contributed by atoms with Gasteiger partial charge in [0.15, 0.2) is 11.8 Å². The van der Waals surface area contributed by atoms with Crippen LogP contribution in [-0.4, -0.2) is 44.3 Å². The van der Waals surface area contributed by atoms with Crippen LogP contribution in [0.5, 0.6) is 0 Å². The molecule has 0 saturated heterocycles. The summed E-state index contributed by atoms with van der Waals surface area (Å²) in [4.78, 5) is 44.7. The number of nitrogens with two attached hydrogens (primary N) is 2. The molecule has 2 unspecified atom stereocenters. The van der Waals surface area contributed by atoms with E-state index in [1.54, 1.807) is 6.92 Å². The van der Waals surface area contributed by atoms with E-state index in [-0.39, 0.29) is 11.1 Å². The monoisotopic (exact) mass is 354 g/mol. The van der Waals surface area contributed by atoms with Crippen molar-refractivity contribution in [1.29, 1.82) is 0 Å². The summed E-state index contributed by atoms with van der Waals surface area (Å²) in [7, 11) is 0. The fourth-order valence-corrected chi connectivity index (χ4v) is 2.47. The molecule has 25 heavy (non-hydrogen) atoms. The molecule has 0 bridgehead atoms. The Balaban J connectivity index is 3.50. The first-order chi connectivity index (χ1) is 11.5. The van der Waals surface area contributed by atoms with E-state index in [9.17, 15) is 19.2 Å². The first kappa shape index (κ1) is 20.1. The molecule has 8 N–H and O–H groups in total. The Morgan fingerprint density at radius 3 is 1.48 bits per heavy atom. The molecule has 0 aliphatic carbocycles. The highest BCUT2D eigenvalue weighted by atomic mass is 16.4. The van der Waals surface area contributed by atoms with Gasteiger partial charge in [0, 0.05) is 0 Å². The number of aryl methyl sites for hydroxylation is 1. The van der Waals surface area contributed by atoms with Gasteiger partial charge in [-0.15, -0.1) is 0 Å². The Kier molecular flexibility index (Phi) is 6.20. The van der Waals surface area contributed by atoms with Gasteiger partial charge in [-0.25, -0.2) is 0 Å². The van der Waals surface area contributed by atoms with E-state index < -0.39 is 47.8 Å². The summed E-state index contributed by atoms with van der Waals surface area (Å²) in [5, 5.41) is 36.3. The standard InChI is InChI=1S/C15H18N2O8/c1-5-2-3-6(10(16)8(12(18)19)13(20)21)7(4-5)11(17)9(14(22)23)15(24)25/h2-4,8-11H,16-17H2,1H3,(H,18,19)(H,20,21)(H,22,23)(H,24,25). The Morgan fingerprint density at radius 1 is 0.760 bits per heavy atom. The van der Waals surface area contributed by atoms with Crippen LogP contribution in [0.4, 0.5) is 0 Å². The molecule has 2 atom stereocenters. The predicted molar refractivity (Wildman–Crippen MR) is 82.6 cm³/mol. The molecule has 0 heterocycles. The van der Waals surface area contributed by atoms with Crippen LogP contribution in [0.2, 0.25) is 0 Å². The van der Waals surface area contributed by atoms with Gasteiger partial charge in [0.2, 0.25) is 0 Å². The molecule has 0 aliphatic rings. The highest BCUT2D eigenvalue weighted by Crippen LogP contribution is 2.31. The lowest BCUT2D eigenvalue weighted by Crippen LogP contribution is -2.38. The molecule has 136 valence electrons. The lowest BCUT2D eigenvalue weighted by Gasteiger charge is -2.25. The Bertz CT molecular complexity index is 689. The van der Waals surface area contributed by atoms with Crippen molar-refractivity contribution in [3.05, 3.63) is 34.9 Å². The van der Waals surface area contributed by atoms with Crippen LogP contribution in [0.3, 0.4) is 0 Å². The molecule has 0 saturated carbocycles. The zero-order valence-electron chi connectivity index (χ0n) is 13.1. The van der Waals surface area contributed by atoms with Gasteiger partial charge >= 0.3 is 23.9 Å². The van der Waals surface area contributed by atoms with Crippen molar-refractivity contribution in [2.24, 2.45) is 23.3 Å². The van der Waals surface area contributed by atoms with Crippen molar-refractivity contribution in [2.75, 3.05) is 0 Å². The number of carbonyl (C=O) groups is 4. The zero-order chi connectivity index (χ0) is 19.5. The van der Waals surface area contributed by atoms with Gasteiger partial charge in [-0.05, 0) is 18.1 Å². The third-order valence-corrected chi connectivity index (χ3v) is 3.74. The number of hydrogen-bond donors (Lipinski definition) is 6. The fraction of sp³-hybridized carbons (Fsp3) is 0.333. The lowest BCUT2D eigenvalue weighted by atomic mass is 9.83. The van der Waals surface area contributed by atoms with Crippen molar-refractivity contribution >= 4 is 23.9 Å². The summed E-state index contributed by atoms with van der Waals surface area (Å²) in [6.07, 6.45) is 0. The Morgan fingerprint density at radius 2 is 1.12 bits per heavy atom. The zero-order valence-corrected chi connectivity index (χ0v) is 13.1. The molecule has 1 rings (SSSR count). The molecule has 0 amide bonds. The molecule has 0 fully saturated rings. The lowest BCUT2D eigenvalue weighted by molar-refractivity contribution is -0.158. The van der Waals surface area contributed by atoms with Crippen LogP contribution < -0.4 is 11.5 Å². The van der Waals surface area contributed by atoms with Crippen molar-refractivity contribution in [3.63, 3.8) is 0 Å². The molecule has 0 radical (unpaired) electrons. The Labute approximate surface area is 141 Å². The van der Waals surface area contributed by atoms with Gasteiger partial charge in [0.25, 0.3) is 0 Å². The van der Waals surface area contributed by atoms with Crippen LogP contribution in [0, 0.1) is 18.8 Å². The van der Waals surface area contributed by atoms with E-state index in [0.29, 0.717) is 5.56 Å². The van der Waals surface area contributed by atoms with Crippen molar-refractivity contribution < 1.29 is 39.6 Å². The number of carboxylic acid groups (broad SMARTS) is 4. The second-order valence-corrected chi connectivity index (χ2v) is 5.49. The van der Waals surface area contributed by atoms with Gasteiger partial charge < -0.3 is 31.9 Å². The molecule has 1 aromatic rings. The third kappa shape index (κ3) is 4.31. The normalized spacial score (nSPS) is 13.5. The first-order valence-electron chi connectivity index (χ1n) is 7.01. The number of benzene rings is 1. The quantitative estimate of drug-likeness (QED) is 0.332. The molecular formula is C15H18N2O8. The van der Waals surface area contributed by atoms with Crippen molar-refractivity contribution in [1.82, 2.24) is 0 Å². The summed E-state index contributed by atoms with van der Waals surface area (Å²) in [6.45, 7) is 1.62. The Hall–Kier alpha value is -2.98. The number of hydrogen-bond acceptors (Lipinski definition) is 6. The van der Waals surface area contributed by atoms with E-state index in [0.717, 1.165) is 0 Å². The van der Waals surface area contributed by atoms with E-state index >= 15 is 0 Å². The summed E-state index contributed by atoms with van der Waals surface area (Å²) in [6, 6.07) is 1.07. The van der Waals surface area contributed by atoms with E-state index in [1.165, 1.54) is 18.2 Å². The van der Waals surface area contributed by atoms with Gasteiger partial charge in [-0.3, -0.25) is 19.2 Å². The summed E-state index contributed by atoms with van der Waals surface area (Å²) in [5.41, 5.74) is 12.1. The number of carboxylic acids is 4. The van der Waals surface area contributed by atoms with Crippen LogP contribution in [0.25, 0.3) is 0 Å². The highest BCUT2D eigenvalue weighted by Gasteiger charge is 2.39. The van der Waals surface area contributed by atoms with Crippen LogP contribution in [0.15, 0.2) is 18.2 Å². The molecule has 0 aromatic heterocycles. The van der Waals surface area contributed by atoms with E-state index in [1.807, 2.05) is 0 Å². The molecule has 0 spiro atoms. The highest BCUT2D eigenvalue weighted by molar-refractivity contribution is 5.95. The van der Waals surface area contributed by atoms with Gasteiger partial charge in [-0.1, -0.05) is 23.8 Å². The average molecular weight is 354 g/mol. The van der Waals surface area contributed by atoms with Gasteiger partial charge in [-0.2, -0.15) is 0 Å². The van der Waals surface area contributed by atoms with Crippen LogP contribution in [-0.2, 0) is 19.2 Å². The molecule has 0 aliphatic heterocycles. The minimum absolute atomic E-state index is 0.0326. The molecule has 1 aromatic carbocycles. The van der Waals surface area contributed by atoms with E-state index in [2.05, 4.69) is 0 Å². The second-order valence-electron chi connectivity index (χ2n) is 5.49. The minimum atomic E-state index is -2.01. The largest absolute Gasteiger partial charge is 0.481 e. The molecular weight excluding hydrogens is 336 g/mol. The second kappa shape index (κ2) is 7.73. The third-order valence-electron chi connectivity index (χ3n) is 3.74. The first-order valence-corrected chi connectivity index (χ1v) is 7.01. The molecule has 10 heteroatoms. The fourth-order valence-electron chi connectivity index (χ4n) is 2.47. The smallest absolute Gasteiger partial charge is 0.319 e. The SMILES string of the molecule is Cc1ccc(C(N)C(C(=O)O)C(=O)O)c(C(N)C(C(=O)O)C(=O)O)c1. The summed E-state index contributed by atoms with van der Waals surface area (Å²) >= 11 is 0. The average Bonchev–Trinajstić information content (AvgIpc) is 2.45. The maximum Gasteiger partial charge on any atom is 0.319 e.